The van der Waals surface area contributed by atoms with Crippen LogP contribution in [-0.2, 0) is 4.79 Å². The van der Waals surface area contributed by atoms with Crippen LogP contribution in [0, 0.1) is 11.7 Å². The van der Waals surface area contributed by atoms with Crippen LogP contribution in [-0.4, -0.2) is 29.8 Å². The molecule has 34 heavy (non-hydrogen) atoms. The molecule has 0 spiro atoms. The normalized spacial score (nSPS) is 16.1. The molecule has 1 aliphatic heterocycles. The third kappa shape index (κ3) is 5.55. The molecule has 4 rings (SSSR count). The van der Waals surface area contributed by atoms with Crippen molar-refractivity contribution in [2.24, 2.45) is 5.92 Å². The Hall–Kier alpha value is -2.99. The highest BCUT2D eigenvalue weighted by Crippen LogP contribution is 2.29. The van der Waals surface area contributed by atoms with Crippen LogP contribution in [0.1, 0.15) is 71.4 Å². The van der Waals surface area contributed by atoms with Gasteiger partial charge in [0.2, 0.25) is 5.91 Å². The number of carbonyl (C=O) groups is 2. The number of hydrogen-bond acceptors (Lipinski definition) is 3. The maximum Gasteiger partial charge on any atom is 0.253 e. The van der Waals surface area contributed by atoms with Crippen LogP contribution >= 0.6 is 11.3 Å². The number of nitrogens with zero attached hydrogens (tertiary/aromatic N) is 1. The standard InChI is InChI=1S/C28H31FN2O2S/c1-3-19(2)20-6-8-21(9-7-20)26(25-5-4-18-34-25)30-27(32)22-14-16-31(17-15-22)28(33)23-10-12-24(29)13-11-23/h4-13,18-19,22,26H,3,14-17H2,1-2H3,(H,30,32). The molecule has 1 aliphatic rings. The van der Waals surface area contributed by atoms with Gasteiger partial charge in [0.1, 0.15) is 5.82 Å². The molecule has 2 aromatic carbocycles. The Labute approximate surface area is 204 Å². The van der Waals surface area contributed by atoms with Gasteiger partial charge in [-0.1, -0.05) is 44.2 Å². The van der Waals surface area contributed by atoms with Crippen LogP contribution in [0.3, 0.4) is 0 Å². The number of carbonyl (C=O) groups excluding carboxylic acids is 2. The van der Waals surface area contributed by atoms with E-state index in [1.165, 1.54) is 29.8 Å². The lowest BCUT2D eigenvalue weighted by Crippen LogP contribution is -2.43. The minimum Gasteiger partial charge on any atom is -0.344 e. The molecule has 2 heterocycles. The first-order chi connectivity index (χ1) is 16.5. The minimum absolute atomic E-state index is 0.0262. The number of nitrogens with one attached hydrogen (secondary N) is 1. The molecule has 0 saturated carbocycles. The molecule has 178 valence electrons. The van der Waals surface area contributed by atoms with E-state index in [4.69, 9.17) is 0 Å². The Bertz CT molecular complexity index is 1090. The van der Waals surface area contributed by atoms with E-state index in [2.05, 4.69) is 49.5 Å². The van der Waals surface area contributed by atoms with Crippen molar-refractivity contribution in [1.29, 1.82) is 0 Å². The van der Waals surface area contributed by atoms with E-state index < -0.39 is 0 Å². The Balaban J connectivity index is 1.40. The SMILES string of the molecule is CCC(C)c1ccc(C(NC(=O)C2CCN(C(=O)c3ccc(F)cc3)CC2)c2cccs2)cc1. The fourth-order valence-electron chi connectivity index (χ4n) is 4.41. The fourth-order valence-corrected chi connectivity index (χ4v) is 5.21. The predicted molar refractivity (Wildman–Crippen MR) is 134 cm³/mol. The number of rotatable bonds is 7. The van der Waals surface area contributed by atoms with Gasteiger partial charge >= 0.3 is 0 Å². The summed E-state index contributed by atoms with van der Waals surface area (Å²) in [6.07, 6.45) is 2.32. The molecule has 0 bridgehead atoms. The summed E-state index contributed by atoms with van der Waals surface area (Å²) in [7, 11) is 0. The summed E-state index contributed by atoms with van der Waals surface area (Å²) in [6.45, 7) is 5.44. The quantitative estimate of drug-likeness (QED) is 0.442. The smallest absolute Gasteiger partial charge is 0.253 e. The monoisotopic (exact) mass is 478 g/mol. The molecule has 6 heteroatoms. The second-order valence-corrected chi connectivity index (χ2v) is 9.99. The third-order valence-electron chi connectivity index (χ3n) is 6.81. The van der Waals surface area contributed by atoms with E-state index in [9.17, 15) is 14.0 Å². The van der Waals surface area contributed by atoms with Crippen molar-refractivity contribution in [2.75, 3.05) is 13.1 Å². The fraction of sp³-hybridized carbons (Fsp3) is 0.357. The lowest BCUT2D eigenvalue weighted by atomic mass is 9.93. The Morgan fingerprint density at radius 3 is 2.26 bits per heavy atom. The van der Waals surface area contributed by atoms with Gasteiger partial charge in [0.15, 0.2) is 0 Å². The number of halogens is 1. The van der Waals surface area contributed by atoms with Crippen LogP contribution in [0.2, 0.25) is 0 Å². The molecule has 2 amide bonds. The molecule has 1 saturated heterocycles. The maximum absolute atomic E-state index is 13.2. The summed E-state index contributed by atoms with van der Waals surface area (Å²) in [5.74, 6) is -0.0810. The summed E-state index contributed by atoms with van der Waals surface area (Å²) in [6, 6.07) is 18.1. The van der Waals surface area contributed by atoms with Crippen molar-refractivity contribution < 1.29 is 14.0 Å². The van der Waals surface area contributed by atoms with E-state index in [1.807, 2.05) is 11.4 Å². The third-order valence-corrected chi connectivity index (χ3v) is 7.75. The lowest BCUT2D eigenvalue weighted by Gasteiger charge is -2.32. The topological polar surface area (TPSA) is 49.4 Å². The second kappa shape index (κ2) is 11.0. The van der Waals surface area contributed by atoms with Gasteiger partial charge in [0.05, 0.1) is 6.04 Å². The van der Waals surface area contributed by atoms with Gasteiger partial charge in [-0.15, -0.1) is 11.3 Å². The highest BCUT2D eigenvalue weighted by molar-refractivity contribution is 7.10. The predicted octanol–water partition coefficient (Wildman–Crippen LogP) is 6.16. The molecular formula is C28H31FN2O2S. The number of thiophene rings is 1. The number of benzene rings is 2. The molecule has 3 aromatic rings. The zero-order valence-corrected chi connectivity index (χ0v) is 20.5. The molecular weight excluding hydrogens is 447 g/mol. The Morgan fingerprint density at radius 1 is 1.03 bits per heavy atom. The van der Waals surface area contributed by atoms with Crippen LogP contribution < -0.4 is 5.32 Å². The van der Waals surface area contributed by atoms with Gasteiger partial charge in [0, 0.05) is 29.4 Å². The van der Waals surface area contributed by atoms with Gasteiger partial charge in [-0.05, 0) is 72.0 Å². The summed E-state index contributed by atoms with van der Waals surface area (Å²) in [4.78, 5) is 28.8. The van der Waals surface area contributed by atoms with E-state index in [-0.39, 0.29) is 29.6 Å². The maximum atomic E-state index is 13.2. The van der Waals surface area contributed by atoms with E-state index >= 15 is 0 Å². The van der Waals surface area contributed by atoms with Crippen LogP contribution in [0.4, 0.5) is 4.39 Å². The van der Waals surface area contributed by atoms with Gasteiger partial charge in [-0.25, -0.2) is 4.39 Å². The summed E-state index contributed by atoms with van der Waals surface area (Å²) in [5, 5.41) is 5.31. The molecule has 2 unspecified atom stereocenters. The van der Waals surface area contributed by atoms with Crippen LogP contribution in [0.25, 0.3) is 0 Å². The van der Waals surface area contributed by atoms with Crippen molar-refractivity contribution in [3.63, 3.8) is 0 Å². The number of hydrogen-bond donors (Lipinski definition) is 1. The highest BCUT2D eigenvalue weighted by atomic mass is 32.1. The molecule has 1 aromatic heterocycles. The van der Waals surface area contributed by atoms with E-state index in [1.54, 1.807) is 16.2 Å². The van der Waals surface area contributed by atoms with Crippen molar-refractivity contribution in [2.45, 2.75) is 45.1 Å². The Kier molecular flexibility index (Phi) is 7.78. The Morgan fingerprint density at radius 2 is 1.68 bits per heavy atom. The molecule has 0 radical (unpaired) electrons. The molecule has 1 fully saturated rings. The number of amides is 2. The average molecular weight is 479 g/mol. The summed E-state index contributed by atoms with van der Waals surface area (Å²) in [5.41, 5.74) is 2.86. The van der Waals surface area contributed by atoms with Crippen molar-refractivity contribution >= 4 is 23.2 Å². The summed E-state index contributed by atoms with van der Waals surface area (Å²) < 4.78 is 13.2. The zero-order valence-electron chi connectivity index (χ0n) is 19.7. The molecule has 0 aliphatic carbocycles. The molecule has 4 nitrogen and oxygen atoms in total. The van der Waals surface area contributed by atoms with Crippen LogP contribution in [0.5, 0.6) is 0 Å². The first kappa shape index (κ1) is 24.1. The second-order valence-electron chi connectivity index (χ2n) is 9.01. The molecule has 1 N–H and O–H groups in total. The number of piperidine rings is 1. The number of likely N-dealkylation sites (tertiary alicyclic amines) is 1. The van der Waals surface area contributed by atoms with Gasteiger partial charge in [0.25, 0.3) is 5.91 Å². The van der Waals surface area contributed by atoms with Gasteiger partial charge in [-0.2, -0.15) is 0 Å². The molecule has 2 atom stereocenters. The van der Waals surface area contributed by atoms with Crippen molar-refractivity contribution in [3.05, 3.63) is 93.4 Å². The summed E-state index contributed by atoms with van der Waals surface area (Å²) >= 11 is 1.64. The van der Waals surface area contributed by atoms with Gasteiger partial charge < -0.3 is 10.2 Å². The van der Waals surface area contributed by atoms with E-state index in [0.717, 1.165) is 16.9 Å². The van der Waals surface area contributed by atoms with E-state index in [0.29, 0.717) is 37.4 Å². The van der Waals surface area contributed by atoms with Crippen LogP contribution in [0.15, 0.2) is 66.0 Å². The first-order valence-corrected chi connectivity index (χ1v) is 12.8. The van der Waals surface area contributed by atoms with Crippen molar-refractivity contribution in [1.82, 2.24) is 10.2 Å². The van der Waals surface area contributed by atoms with Gasteiger partial charge in [-0.3, -0.25) is 9.59 Å². The highest BCUT2D eigenvalue weighted by Gasteiger charge is 2.30. The lowest BCUT2D eigenvalue weighted by molar-refractivity contribution is -0.126. The zero-order chi connectivity index (χ0) is 24.1. The minimum atomic E-state index is -0.360. The van der Waals surface area contributed by atoms with Crippen molar-refractivity contribution in [3.8, 4) is 0 Å². The average Bonchev–Trinajstić information content (AvgIpc) is 3.41. The first-order valence-electron chi connectivity index (χ1n) is 11.9. The largest absolute Gasteiger partial charge is 0.344 e.